The monoisotopic (exact) mass is 476 g/mol. The normalized spacial score (nSPS) is 11.0. The van der Waals surface area contributed by atoms with E-state index in [1.165, 1.54) is 37.6 Å². The zero-order valence-electron chi connectivity index (χ0n) is 18.1. The minimum absolute atomic E-state index is 0.00117. The SMILES string of the molecule is CN(c1ccc(NC(=O)Nc2ccccc2)cc1)S(=O)(=O)c1cncc(-c2ccc(F)cc2)c1. The highest BCUT2D eigenvalue weighted by Gasteiger charge is 2.22. The van der Waals surface area contributed by atoms with E-state index >= 15 is 0 Å². The lowest BCUT2D eigenvalue weighted by atomic mass is 10.1. The van der Waals surface area contributed by atoms with E-state index in [-0.39, 0.29) is 10.7 Å². The Morgan fingerprint density at radius 2 is 1.44 bits per heavy atom. The summed E-state index contributed by atoms with van der Waals surface area (Å²) in [5, 5.41) is 5.41. The summed E-state index contributed by atoms with van der Waals surface area (Å²) in [7, 11) is -2.48. The van der Waals surface area contributed by atoms with Gasteiger partial charge in [-0.1, -0.05) is 30.3 Å². The maximum atomic E-state index is 13.2. The molecule has 172 valence electrons. The van der Waals surface area contributed by atoms with Crippen LogP contribution >= 0.6 is 0 Å². The van der Waals surface area contributed by atoms with Crippen LogP contribution in [0.25, 0.3) is 11.1 Å². The quantitative estimate of drug-likeness (QED) is 0.392. The number of amides is 2. The molecular formula is C25H21FN4O3S. The summed E-state index contributed by atoms with van der Waals surface area (Å²) < 4.78 is 40.7. The van der Waals surface area contributed by atoms with Crippen molar-refractivity contribution in [2.24, 2.45) is 0 Å². The highest BCUT2D eigenvalue weighted by atomic mass is 32.2. The third kappa shape index (κ3) is 5.21. The van der Waals surface area contributed by atoms with E-state index in [0.29, 0.717) is 28.2 Å². The van der Waals surface area contributed by atoms with Crippen LogP contribution in [0.15, 0.2) is 102 Å². The molecule has 0 radical (unpaired) electrons. The first-order valence-corrected chi connectivity index (χ1v) is 11.7. The van der Waals surface area contributed by atoms with E-state index in [9.17, 15) is 17.6 Å². The van der Waals surface area contributed by atoms with E-state index in [1.807, 2.05) is 18.2 Å². The molecule has 34 heavy (non-hydrogen) atoms. The van der Waals surface area contributed by atoms with Crippen molar-refractivity contribution in [2.75, 3.05) is 22.0 Å². The molecule has 0 bridgehead atoms. The summed E-state index contributed by atoms with van der Waals surface area (Å²) in [6, 6.07) is 22.2. The summed E-state index contributed by atoms with van der Waals surface area (Å²) in [6.07, 6.45) is 2.79. The molecule has 2 amide bonds. The molecule has 0 aliphatic carbocycles. The standard InChI is InChI=1S/C25H21FN4O3S/c1-30(23-13-11-22(12-14-23)29-25(31)28-21-5-3-2-4-6-21)34(32,33)24-15-19(16-27-17-24)18-7-9-20(26)10-8-18/h2-17H,1H3,(H2,28,29,31). The topological polar surface area (TPSA) is 91.4 Å². The van der Waals surface area contributed by atoms with Gasteiger partial charge in [-0.25, -0.2) is 17.6 Å². The van der Waals surface area contributed by atoms with Gasteiger partial charge in [0.05, 0.1) is 5.69 Å². The summed E-state index contributed by atoms with van der Waals surface area (Å²) in [5.41, 5.74) is 2.76. The molecule has 0 saturated carbocycles. The molecule has 9 heteroatoms. The molecule has 0 spiro atoms. The van der Waals surface area contributed by atoms with Crippen LogP contribution in [0, 0.1) is 5.82 Å². The number of benzene rings is 3. The maximum Gasteiger partial charge on any atom is 0.323 e. The maximum absolute atomic E-state index is 13.2. The zero-order chi connectivity index (χ0) is 24.1. The number of rotatable bonds is 6. The van der Waals surface area contributed by atoms with Crippen molar-refractivity contribution in [3.8, 4) is 11.1 Å². The highest BCUT2D eigenvalue weighted by Crippen LogP contribution is 2.26. The van der Waals surface area contributed by atoms with E-state index in [0.717, 1.165) is 4.31 Å². The van der Waals surface area contributed by atoms with Gasteiger partial charge in [-0.3, -0.25) is 9.29 Å². The van der Waals surface area contributed by atoms with Crippen LogP contribution in [0.1, 0.15) is 0 Å². The Bertz CT molecular complexity index is 1390. The lowest BCUT2D eigenvalue weighted by molar-refractivity contribution is 0.262. The number of nitrogens with zero attached hydrogens (tertiary/aromatic N) is 2. The first-order valence-electron chi connectivity index (χ1n) is 10.3. The summed E-state index contributed by atoms with van der Waals surface area (Å²) in [5.74, 6) is -0.379. The molecule has 7 nitrogen and oxygen atoms in total. The minimum Gasteiger partial charge on any atom is -0.308 e. The lowest BCUT2D eigenvalue weighted by Crippen LogP contribution is -2.26. The molecule has 0 unspecified atom stereocenters. The molecule has 4 rings (SSSR count). The van der Waals surface area contributed by atoms with Crippen molar-refractivity contribution in [2.45, 2.75) is 4.90 Å². The van der Waals surface area contributed by atoms with Crippen LogP contribution in [-0.4, -0.2) is 26.5 Å². The summed E-state index contributed by atoms with van der Waals surface area (Å²) in [6.45, 7) is 0. The van der Waals surface area contributed by atoms with Crippen LogP contribution in [0.3, 0.4) is 0 Å². The first kappa shape index (κ1) is 22.9. The number of hydrogen-bond acceptors (Lipinski definition) is 4. The van der Waals surface area contributed by atoms with Gasteiger partial charge in [-0.15, -0.1) is 0 Å². The Labute approximate surface area is 196 Å². The fraction of sp³-hybridized carbons (Fsp3) is 0.0400. The average Bonchev–Trinajstić information content (AvgIpc) is 2.85. The predicted octanol–water partition coefficient (Wildman–Crippen LogP) is 5.36. The fourth-order valence-corrected chi connectivity index (χ4v) is 4.41. The number of anilines is 3. The Kier molecular flexibility index (Phi) is 6.55. The van der Waals surface area contributed by atoms with Crippen molar-refractivity contribution >= 4 is 33.1 Å². The van der Waals surface area contributed by atoms with E-state index in [4.69, 9.17) is 0 Å². The summed E-state index contributed by atoms with van der Waals surface area (Å²) >= 11 is 0. The number of sulfonamides is 1. The van der Waals surface area contributed by atoms with Gasteiger partial charge >= 0.3 is 6.03 Å². The van der Waals surface area contributed by atoms with Gasteiger partial charge in [-0.05, 0) is 60.2 Å². The number of hydrogen-bond donors (Lipinski definition) is 2. The first-order chi connectivity index (χ1) is 16.3. The fourth-order valence-electron chi connectivity index (χ4n) is 3.23. The minimum atomic E-state index is -3.91. The van der Waals surface area contributed by atoms with Crippen molar-refractivity contribution in [3.63, 3.8) is 0 Å². The van der Waals surface area contributed by atoms with E-state index in [2.05, 4.69) is 15.6 Å². The van der Waals surface area contributed by atoms with Crippen LogP contribution in [0.5, 0.6) is 0 Å². The van der Waals surface area contributed by atoms with Crippen molar-refractivity contribution in [1.29, 1.82) is 0 Å². The second-order valence-corrected chi connectivity index (χ2v) is 9.35. The Morgan fingerprint density at radius 1 is 0.824 bits per heavy atom. The predicted molar refractivity (Wildman–Crippen MR) is 131 cm³/mol. The number of carbonyl (C=O) groups is 1. The molecular weight excluding hydrogens is 455 g/mol. The van der Waals surface area contributed by atoms with Crippen molar-refractivity contribution in [1.82, 2.24) is 4.98 Å². The molecule has 4 aromatic rings. The largest absolute Gasteiger partial charge is 0.323 e. The van der Waals surface area contributed by atoms with Crippen molar-refractivity contribution in [3.05, 3.63) is 103 Å². The van der Waals surface area contributed by atoms with Gasteiger partial charge in [-0.2, -0.15) is 0 Å². The summed E-state index contributed by atoms with van der Waals surface area (Å²) in [4.78, 5) is 16.2. The van der Waals surface area contributed by atoms with Gasteiger partial charge in [0.2, 0.25) is 0 Å². The van der Waals surface area contributed by atoms with Crippen molar-refractivity contribution < 1.29 is 17.6 Å². The molecule has 0 aliphatic heterocycles. The molecule has 2 N–H and O–H groups in total. The molecule has 0 saturated heterocycles. The van der Waals surface area contributed by atoms with Crippen LogP contribution in [-0.2, 0) is 10.0 Å². The molecule has 1 heterocycles. The third-order valence-electron chi connectivity index (χ3n) is 5.07. The smallest absolute Gasteiger partial charge is 0.308 e. The number of para-hydroxylation sites is 1. The molecule has 0 aliphatic rings. The van der Waals surface area contributed by atoms with Gasteiger partial charge in [0.15, 0.2) is 0 Å². The number of urea groups is 1. The highest BCUT2D eigenvalue weighted by molar-refractivity contribution is 7.92. The van der Waals surface area contributed by atoms with E-state index in [1.54, 1.807) is 48.5 Å². The van der Waals surface area contributed by atoms with Gasteiger partial charge < -0.3 is 10.6 Å². The Hall–Kier alpha value is -4.24. The number of aromatic nitrogens is 1. The molecule has 3 aromatic carbocycles. The molecule has 0 fully saturated rings. The van der Waals surface area contributed by atoms with E-state index < -0.39 is 16.1 Å². The second-order valence-electron chi connectivity index (χ2n) is 7.38. The van der Waals surface area contributed by atoms with Gasteiger partial charge in [0.25, 0.3) is 10.0 Å². The lowest BCUT2D eigenvalue weighted by Gasteiger charge is -2.20. The number of pyridine rings is 1. The molecule has 0 atom stereocenters. The third-order valence-corrected chi connectivity index (χ3v) is 6.82. The van der Waals surface area contributed by atoms with Crippen LogP contribution < -0.4 is 14.9 Å². The number of carbonyl (C=O) groups excluding carboxylic acids is 1. The second kappa shape index (κ2) is 9.72. The number of nitrogens with one attached hydrogen (secondary N) is 2. The average molecular weight is 477 g/mol. The van der Waals surface area contributed by atoms with Crippen LogP contribution in [0.4, 0.5) is 26.2 Å². The molecule has 1 aromatic heterocycles. The van der Waals surface area contributed by atoms with Gasteiger partial charge in [0, 0.05) is 36.4 Å². The van der Waals surface area contributed by atoms with Gasteiger partial charge in [0.1, 0.15) is 10.7 Å². The zero-order valence-corrected chi connectivity index (χ0v) is 19.0. The Balaban J connectivity index is 1.48. The Morgan fingerprint density at radius 3 is 2.09 bits per heavy atom. The number of halogens is 1. The van der Waals surface area contributed by atoms with Crippen LogP contribution in [0.2, 0.25) is 0 Å².